The van der Waals surface area contributed by atoms with Crippen LogP contribution in [0.3, 0.4) is 0 Å². The average Bonchev–Trinajstić information content (AvgIpc) is 2.16. The highest BCUT2D eigenvalue weighted by atomic mass is 16.5. The van der Waals surface area contributed by atoms with Gasteiger partial charge >= 0.3 is 5.97 Å². The van der Waals surface area contributed by atoms with Crippen LogP contribution in [-0.4, -0.2) is 30.3 Å². The van der Waals surface area contributed by atoms with Crippen molar-refractivity contribution in [2.45, 2.75) is 6.42 Å². The monoisotopic (exact) mass is 197 g/mol. The van der Waals surface area contributed by atoms with Crippen molar-refractivity contribution in [3.8, 4) is 11.6 Å². The first-order valence-corrected chi connectivity index (χ1v) is 3.96. The average molecular weight is 197 g/mol. The molecule has 1 aromatic heterocycles. The standard InChI is InChI=1S/C9H11NO4/c1-13-8-6(5-7(11)12)3-4-10-9(8)14-2/h3-4H,5H2,1-2H3,(H,11,12). The molecule has 0 amide bonds. The fraction of sp³-hybridized carbons (Fsp3) is 0.333. The van der Waals surface area contributed by atoms with Crippen molar-refractivity contribution < 1.29 is 19.4 Å². The maximum absolute atomic E-state index is 10.5. The highest BCUT2D eigenvalue weighted by Crippen LogP contribution is 2.28. The van der Waals surface area contributed by atoms with Crippen LogP contribution in [0.4, 0.5) is 0 Å². The van der Waals surface area contributed by atoms with Gasteiger partial charge in [-0.3, -0.25) is 4.79 Å². The first kappa shape index (κ1) is 10.3. The lowest BCUT2D eigenvalue weighted by Crippen LogP contribution is -2.04. The molecule has 5 heteroatoms. The molecule has 0 atom stereocenters. The van der Waals surface area contributed by atoms with Crippen LogP contribution in [0, 0.1) is 0 Å². The molecule has 14 heavy (non-hydrogen) atoms. The predicted molar refractivity (Wildman–Crippen MR) is 48.7 cm³/mol. The molecule has 5 nitrogen and oxygen atoms in total. The highest BCUT2D eigenvalue weighted by molar-refractivity contribution is 5.71. The molecule has 1 rings (SSSR count). The van der Waals surface area contributed by atoms with Gasteiger partial charge in [-0.15, -0.1) is 0 Å². The number of hydrogen-bond donors (Lipinski definition) is 1. The fourth-order valence-corrected chi connectivity index (χ4v) is 1.13. The zero-order chi connectivity index (χ0) is 10.6. The van der Waals surface area contributed by atoms with Gasteiger partial charge in [-0.1, -0.05) is 0 Å². The summed E-state index contributed by atoms with van der Waals surface area (Å²) in [5.41, 5.74) is 0.548. The van der Waals surface area contributed by atoms with E-state index in [1.54, 1.807) is 6.07 Å². The van der Waals surface area contributed by atoms with Crippen molar-refractivity contribution in [1.29, 1.82) is 0 Å². The summed E-state index contributed by atoms with van der Waals surface area (Å²) in [5, 5.41) is 8.63. The lowest BCUT2D eigenvalue weighted by atomic mass is 10.2. The summed E-state index contributed by atoms with van der Waals surface area (Å²) >= 11 is 0. The zero-order valence-corrected chi connectivity index (χ0v) is 7.98. The topological polar surface area (TPSA) is 68.7 Å². The quantitative estimate of drug-likeness (QED) is 0.770. The van der Waals surface area contributed by atoms with Crippen molar-refractivity contribution in [3.63, 3.8) is 0 Å². The zero-order valence-electron chi connectivity index (χ0n) is 7.98. The minimum absolute atomic E-state index is 0.109. The number of ether oxygens (including phenoxy) is 2. The smallest absolute Gasteiger partial charge is 0.307 e. The van der Waals surface area contributed by atoms with Gasteiger partial charge in [-0.05, 0) is 6.07 Å². The number of pyridine rings is 1. The summed E-state index contributed by atoms with van der Waals surface area (Å²) in [5.74, 6) is -0.250. The maximum Gasteiger partial charge on any atom is 0.307 e. The Morgan fingerprint density at radius 3 is 2.71 bits per heavy atom. The molecule has 1 N–H and O–H groups in total. The van der Waals surface area contributed by atoms with Crippen molar-refractivity contribution >= 4 is 5.97 Å². The van der Waals surface area contributed by atoms with Gasteiger partial charge in [0.05, 0.1) is 20.6 Å². The number of methoxy groups -OCH3 is 2. The molecule has 0 aliphatic rings. The predicted octanol–water partition coefficient (Wildman–Crippen LogP) is 0.726. The Balaban J connectivity index is 3.08. The van der Waals surface area contributed by atoms with Gasteiger partial charge in [0.2, 0.25) is 0 Å². The van der Waals surface area contributed by atoms with Gasteiger partial charge in [0, 0.05) is 11.8 Å². The van der Waals surface area contributed by atoms with Crippen LogP contribution in [0.5, 0.6) is 11.6 Å². The molecule has 1 heterocycles. The molecule has 0 unspecified atom stereocenters. The fourth-order valence-electron chi connectivity index (χ4n) is 1.13. The number of carboxylic acids is 1. The number of nitrogens with zero attached hydrogens (tertiary/aromatic N) is 1. The number of carboxylic acid groups (broad SMARTS) is 1. The van der Waals surface area contributed by atoms with Crippen LogP contribution in [-0.2, 0) is 11.2 Å². The van der Waals surface area contributed by atoms with E-state index >= 15 is 0 Å². The van der Waals surface area contributed by atoms with Crippen LogP contribution < -0.4 is 9.47 Å². The third-order valence-corrected chi connectivity index (χ3v) is 1.69. The van der Waals surface area contributed by atoms with Crippen molar-refractivity contribution in [2.24, 2.45) is 0 Å². The molecule has 0 aliphatic heterocycles. The van der Waals surface area contributed by atoms with Crippen molar-refractivity contribution in [2.75, 3.05) is 14.2 Å². The molecular formula is C9H11NO4. The second-order valence-corrected chi connectivity index (χ2v) is 2.58. The van der Waals surface area contributed by atoms with E-state index in [4.69, 9.17) is 14.6 Å². The molecule has 0 aliphatic carbocycles. The summed E-state index contributed by atoms with van der Waals surface area (Å²) in [7, 11) is 2.90. The van der Waals surface area contributed by atoms with Crippen LogP contribution in [0.1, 0.15) is 5.56 Å². The summed E-state index contributed by atoms with van der Waals surface area (Å²) < 4.78 is 9.95. The van der Waals surface area contributed by atoms with Gasteiger partial charge in [-0.25, -0.2) is 4.98 Å². The van der Waals surface area contributed by atoms with E-state index < -0.39 is 5.97 Å². The molecule has 0 saturated heterocycles. The first-order valence-electron chi connectivity index (χ1n) is 3.96. The van der Waals surface area contributed by atoms with Crippen molar-refractivity contribution in [1.82, 2.24) is 4.98 Å². The lowest BCUT2D eigenvalue weighted by molar-refractivity contribution is -0.136. The summed E-state index contributed by atoms with van der Waals surface area (Å²) in [6.07, 6.45) is 1.38. The van der Waals surface area contributed by atoms with E-state index in [1.807, 2.05) is 0 Å². The van der Waals surface area contributed by atoms with Crippen LogP contribution in [0.15, 0.2) is 12.3 Å². The largest absolute Gasteiger partial charge is 0.491 e. The van der Waals surface area contributed by atoms with Gasteiger partial charge in [0.15, 0.2) is 5.75 Å². The summed E-state index contributed by atoms with van der Waals surface area (Å²) in [4.78, 5) is 14.4. The Hall–Kier alpha value is -1.78. The van der Waals surface area contributed by atoms with Gasteiger partial charge < -0.3 is 14.6 Å². The van der Waals surface area contributed by atoms with Gasteiger partial charge in [0.25, 0.3) is 5.88 Å². The molecule has 0 saturated carbocycles. The first-order chi connectivity index (χ1) is 6.69. The van der Waals surface area contributed by atoms with Crippen LogP contribution >= 0.6 is 0 Å². The van der Waals surface area contributed by atoms with E-state index in [2.05, 4.69) is 4.98 Å². The normalized spacial score (nSPS) is 9.57. The third kappa shape index (κ3) is 2.12. The number of aromatic nitrogens is 1. The lowest BCUT2D eigenvalue weighted by Gasteiger charge is -2.09. The number of aliphatic carboxylic acids is 1. The second-order valence-electron chi connectivity index (χ2n) is 2.58. The highest BCUT2D eigenvalue weighted by Gasteiger charge is 2.12. The SMILES string of the molecule is COc1nccc(CC(=O)O)c1OC. The molecule has 0 radical (unpaired) electrons. The molecule has 1 aromatic rings. The summed E-state index contributed by atoms with van der Waals surface area (Å²) in [6, 6.07) is 1.59. The van der Waals surface area contributed by atoms with Crippen LogP contribution in [0.2, 0.25) is 0 Å². The van der Waals surface area contributed by atoms with E-state index in [0.29, 0.717) is 17.2 Å². The Bertz CT molecular complexity index is 338. The van der Waals surface area contributed by atoms with E-state index in [0.717, 1.165) is 0 Å². The Morgan fingerprint density at radius 1 is 1.50 bits per heavy atom. The minimum atomic E-state index is -0.920. The summed E-state index contributed by atoms with van der Waals surface area (Å²) in [6.45, 7) is 0. The van der Waals surface area contributed by atoms with Gasteiger partial charge in [0.1, 0.15) is 0 Å². The number of hydrogen-bond acceptors (Lipinski definition) is 4. The van der Waals surface area contributed by atoms with Gasteiger partial charge in [-0.2, -0.15) is 0 Å². The molecule has 0 aromatic carbocycles. The molecule has 0 fully saturated rings. The Kier molecular flexibility index (Phi) is 3.28. The molecule has 0 spiro atoms. The molecule has 0 bridgehead atoms. The number of rotatable bonds is 4. The Morgan fingerprint density at radius 2 is 2.21 bits per heavy atom. The molecule has 76 valence electrons. The minimum Gasteiger partial charge on any atom is -0.491 e. The molecular weight excluding hydrogens is 186 g/mol. The maximum atomic E-state index is 10.5. The van der Waals surface area contributed by atoms with Crippen LogP contribution in [0.25, 0.3) is 0 Å². The Labute approximate surface area is 81.3 Å². The number of carbonyl (C=O) groups is 1. The van der Waals surface area contributed by atoms with Crippen molar-refractivity contribution in [3.05, 3.63) is 17.8 Å². The second kappa shape index (κ2) is 4.45. The van der Waals surface area contributed by atoms with E-state index in [-0.39, 0.29) is 6.42 Å². The van der Waals surface area contributed by atoms with E-state index in [9.17, 15) is 4.79 Å². The van der Waals surface area contributed by atoms with E-state index in [1.165, 1.54) is 20.4 Å². The third-order valence-electron chi connectivity index (χ3n) is 1.69.